The van der Waals surface area contributed by atoms with Gasteiger partial charge in [-0.05, 0) is 59.9 Å². The lowest BCUT2D eigenvalue weighted by molar-refractivity contribution is -0.126. The Kier molecular flexibility index (Phi) is 7.43. The van der Waals surface area contributed by atoms with E-state index in [2.05, 4.69) is 10.2 Å². The number of carbonyl (C=O) groups excluding carboxylic acids is 2. The van der Waals surface area contributed by atoms with Gasteiger partial charge >= 0.3 is 0 Å². The maximum atomic E-state index is 14.6. The third-order valence-electron chi connectivity index (χ3n) is 5.43. The van der Waals surface area contributed by atoms with Crippen molar-refractivity contribution >= 4 is 45.3 Å². The zero-order chi connectivity index (χ0) is 21.8. The summed E-state index contributed by atoms with van der Waals surface area (Å²) in [7, 11) is 3.08. The molecule has 1 saturated carbocycles. The van der Waals surface area contributed by atoms with Gasteiger partial charge < -0.3 is 0 Å². The fourth-order valence-electron chi connectivity index (χ4n) is 3.74. The number of benzene rings is 1. The Balaban J connectivity index is 1.51. The Bertz CT molecular complexity index is 985. The molecule has 0 amide bonds. The molecule has 1 aromatic heterocycles. The normalized spacial score (nSPS) is 21.7. The number of aromatic nitrogens is 2. The number of hydrogen-bond acceptors (Lipinski definition) is 7. The fourth-order valence-corrected chi connectivity index (χ4v) is 6.30. The molecule has 1 saturated heterocycles. The van der Waals surface area contributed by atoms with E-state index in [1.54, 1.807) is 47.2 Å². The largest absolute Gasteiger partial charge is 0.299 e. The number of nitrogens with zero attached hydrogens (tertiary/aromatic N) is 3. The summed E-state index contributed by atoms with van der Waals surface area (Å²) in [5.74, 6) is -0.280. The molecule has 0 bridgehead atoms. The predicted molar refractivity (Wildman–Crippen MR) is 121 cm³/mol. The van der Waals surface area contributed by atoms with Crippen molar-refractivity contribution in [2.24, 2.45) is 5.92 Å². The van der Waals surface area contributed by atoms with Gasteiger partial charge in [-0.15, -0.1) is 10.2 Å². The van der Waals surface area contributed by atoms with Gasteiger partial charge in [0.1, 0.15) is 17.1 Å². The Labute approximate surface area is 193 Å². The quantitative estimate of drug-likeness (QED) is 0.303. The highest BCUT2D eigenvalue weighted by Gasteiger charge is 2.41. The average molecular weight is 478 g/mol. The van der Waals surface area contributed by atoms with Crippen molar-refractivity contribution in [2.75, 3.05) is 13.1 Å². The number of likely N-dealkylation sites (tertiary alicyclic amines) is 1. The highest BCUT2D eigenvalue weighted by molar-refractivity contribution is 8.77. The van der Waals surface area contributed by atoms with Crippen LogP contribution in [0.1, 0.15) is 30.9 Å². The van der Waals surface area contributed by atoms with Gasteiger partial charge in [0.25, 0.3) is 0 Å². The average Bonchev–Trinajstić information content (AvgIpc) is 3.61. The lowest BCUT2D eigenvalue weighted by atomic mass is 9.93. The topological polar surface area (TPSA) is 63.2 Å². The van der Waals surface area contributed by atoms with Crippen LogP contribution in [0.5, 0.6) is 0 Å². The predicted octanol–water partition coefficient (Wildman–Crippen LogP) is 4.93. The number of halogens is 2. The van der Waals surface area contributed by atoms with E-state index < -0.39 is 6.04 Å². The van der Waals surface area contributed by atoms with Crippen LogP contribution in [-0.4, -0.2) is 45.5 Å². The van der Waals surface area contributed by atoms with Crippen LogP contribution >= 0.6 is 33.2 Å². The molecule has 1 aliphatic heterocycles. The molecule has 0 spiro atoms. The number of ketones is 1. The van der Waals surface area contributed by atoms with Crippen molar-refractivity contribution in [1.29, 1.82) is 0 Å². The molecule has 5 nitrogen and oxygen atoms in total. The molecule has 2 atom stereocenters. The van der Waals surface area contributed by atoms with E-state index >= 15 is 0 Å². The van der Waals surface area contributed by atoms with E-state index in [-0.39, 0.29) is 22.8 Å². The van der Waals surface area contributed by atoms with Gasteiger partial charge in [-0.1, -0.05) is 40.6 Å². The Morgan fingerprint density at radius 2 is 2.00 bits per heavy atom. The van der Waals surface area contributed by atoms with E-state index in [0.717, 1.165) is 36.1 Å². The third kappa shape index (κ3) is 5.55. The second kappa shape index (κ2) is 10.3. The van der Waals surface area contributed by atoms with Gasteiger partial charge in [0, 0.05) is 29.8 Å². The van der Waals surface area contributed by atoms with Gasteiger partial charge in [-0.2, -0.15) is 0 Å². The molecular formula is C22H21ClFN3O2S2. The van der Waals surface area contributed by atoms with Crippen molar-refractivity contribution in [3.8, 4) is 0 Å². The highest BCUT2D eigenvalue weighted by atomic mass is 35.5. The van der Waals surface area contributed by atoms with Gasteiger partial charge in [0.05, 0.1) is 6.04 Å². The molecule has 2 aromatic rings. The van der Waals surface area contributed by atoms with E-state index in [9.17, 15) is 14.0 Å². The van der Waals surface area contributed by atoms with Crippen molar-refractivity contribution in [1.82, 2.24) is 15.1 Å². The number of allylic oxidation sites excluding steroid dienone is 1. The first kappa shape index (κ1) is 22.5. The first-order chi connectivity index (χ1) is 15.1. The van der Waals surface area contributed by atoms with Gasteiger partial charge in [0.15, 0.2) is 10.9 Å². The SMILES string of the molecule is O=C/C=C1/CN(C(C(=O)C2CC2)c2ccccc2F)CCC1SSc1ccc(Cl)nn1. The summed E-state index contributed by atoms with van der Waals surface area (Å²) in [6.45, 7) is 1.08. The molecule has 1 aliphatic carbocycles. The van der Waals surface area contributed by atoms with Crippen molar-refractivity contribution < 1.29 is 14.0 Å². The number of Topliss-reactive ketones (excluding diaryl/α,β-unsaturated/α-hetero) is 1. The van der Waals surface area contributed by atoms with Crippen LogP contribution in [0.3, 0.4) is 0 Å². The molecular weight excluding hydrogens is 457 g/mol. The molecule has 2 unspecified atom stereocenters. The minimum atomic E-state index is -0.621. The third-order valence-corrected chi connectivity index (χ3v) is 8.39. The Hall–Kier alpha value is -1.74. The number of piperidine rings is 1. The van der Waals surface area contributed by atoms with Crippen LogP contribution in [-0.2, 0) is 9.59 Å². The highest BCUT2D eigenvalue weighted by Crippen LogP contribution is 2.43. The summed E-state index contributed by atoms with van der Waals surface area (Å²) in [6.07, 6.45) is 4.82. The summed E-state index contributed by atoms with van der Waals surface area (Å²) in [6, 6.07) is 9.36. The molecule has 2 fully saturated rings. The molecule has 162 valence electrons. The van der Waals surface area contributed by atoms with Crippen LogP contribution in [0.25, 0.3) is 0 Å². The summed E-state index contributed by atoms with van der Waals surface area (Å²) in [5, 5.41) is 9.05. The lowest BCUT2D eigenvalue weighted by Gasteiger charge is -2.38. The Morgan fingerprint density at radius 3 is 2.68 bits per heavy atom. The van der Waals surface area contributed by atoms with Crippen molar-refractivity contribution in [3.05, 3.63) is 64.6 Å². The summed E-state index contributed by atoms with van der Waals surface area (Å²) < 4.78 is 14.6. The molecule has 2 aliphatic rings. The maximum absolute atomic E-state index is 14.6. The molecule has 31 heavy (non-hydrogen) atoms. The molecule has 0 radical (unpaired) electrons. The van der Waals surface area contributed by atoms with E-state index in [0.29, 0.717) is 23.8 Å². The lowest BCUT2D eigenvalue weighted by Crippen LogP contribution is -2.43. The van der Waals surface area contributed by atoms with Crippen molar-refractivity contribution in [3.63, 3.8) is 0 Å². The standard InChI is InChI=1S/C22H21ClFN3O2S2/c23-19-7-8-20(26-25-19)31-30-18-9-11-27(13-15(18)10-12-28)21(22(29)14-5-6-14)16-3-1-2-4-17(16)24/h1-4,7-8,10,12,14,18,21H,5-6,9,11,13H2/b15-10-. The maximum Gasteiger partial charge on any atom is 0.157 e. The monoisotopic (exact) mass is 477 g/mol. The van der Waals surface area contributed by atoms with E-state index in [1.165, 1.54) is 16.9 Å². The smallest absolute Gasteiger partial charge is 0.157 e. The van der Waals surface area contributed by atoms with Crippen LogP contribution < -0.4 is 0 Å². The molecule has 4 rings (SSSR count). The number of hydrogen-bond donors (Lipinski definition) is 0. The van der Waals surface area contributed by atoms with Gasteiger partial charge in [-0.3, -0.25) is 14.5 Å². The number of carbonyl (C=O) groups is 2. The van der Waals surface area contributed by atoms with Crippen molar-refractivity contribution in [2.45, 2.75) is 35.6 Å². The minimum absolute atomic E-state index is 0.00856. The molecule has 1 aromatic carbocycles. The van der Waals surface area contributed by atoms with E-state index in [4.69, 9.17) is 11.6 Å². The van der Waals surface area contributed by atoms with E-state index in [1.807, 2.05) is 4.90 Å². The summed E-state index contributed by atoms with van der Waals surface area (Å²) in [5.41, 5.74) is 1.34. The second-order valence-electron chi connectivity index (χ2n) is 7.60. The van der Waals surface area contributed by atoms with Gasteiger partial charge in [-0.25, -0.2) is 4.39 Å². The second-order valence-corrected chi connectivity index (χ2v) is 10.4. The summed E-state index contributed by atoms with van der Waals surface area (Å²) in [4.78, 5) is 26.4. The first-order valence-electron chi connectivity index (χ1n) is 10.1. The molecule has 0 N–H and O–H groups in total. The molecule has 9 heteroatoms. The Morgan fingerprint density at radius 1 is 1.19 bits per heavy atom. The minimum Gasteiger partial charge on any atom is -0.299 e. The molecule has 2 heterocycles. The van der Waals surface area contributed by atoms with Crippen LogP contribution in [0.2, 0.25) is 5.15 Å². The number of aldehydes is 1. The fraction of sp³-hybridized carbons (Fsp3) is 0.364. The first-order valence-corrected chi connectivity index (χ1v) is 12.6. The number of rotatable bonds is 8. The van der Waals surface area contributed by atoms with Crippen LogP contribution in [0.15, 0.2) is 53.1 Å². The van der Waals surface area contributed by atoms with Gasteiger partial charge in [0.2, 0.25) is 0 Å². The van der Waals surface area contributed by atoms with Crippen LogP contribution in [0.4, 0.5) is 4.39 Å². The zero-order valence-electron chi connectivity index (χ0n) is 16.6. The van der Waals surface area contributed by atoms with Crippen LogP contribution in [0, 0.1) is 11.7 Å². The zero-order valence-corrected chi connectivity index (χ0v) is 19.0. The summed E-state index contributed by atoms with van der Waals surface area (Å²) >= 11 is 5.79.